The number of aryl methyl sites for hydroxylation is 1. The number of H-pyrrole nitrogens is 1. The smallest absolute Gasteiger partial charge is 0.417 e. The summed E-state index contributed by atoms with van der Waals surface area (Å²) in [6.07, 6.45) is 1.74. The number of oxazole rings is 1. The van der Waals surface area contributed by atoms with Gasteiger partial charge in [-0.25, -0.2) is 9.78 Å². The molecule has 4 rings (SSSR count). The molecule has 0 fully saturated rings. The third-order valence-corrected chi connectivity index (χ3v) is 4.57. The van der Waals surface area contributed by atoms with Crippen LogP contribution in [0.5, 0.6) is 5.75 Å². The minimum Gasteiger partial charge on any atom is -0.492 e. The number of likely N-dealkylation sites (N-methyl/N-ethyl adjacent to an activating group) is 1. The fourth-order valence-corrected chi connectivity index (χ4v) is 2.90. The zero-order chi connectivity index (χ0) is 21.8. The van der Waals surface area contributed by atoms with Crippen LogP contribution in [0.25, 0.3) is 11.1 Å². The minimum absolute atomic E-state index is 0.465. The van der Waals surface area contributed by atoms with E-state index in [1.54, 1.807) is 18.3 Å². The maximum atomic E-state index is 11.3. The van der Waals surface area contributed by atoms with Gasteiger partial charge in [-0.15, -0.1) is 0 Å². The van der Waals surface area contributed by atoms with E-state index in [2.05, 4.69) is 30.5 Å². The first-order valence-corrected chi connectivity index (χ1v) is 9.84. The Bertz CT molecular complexity index is 1230. The first-order chi connectivity index (χ1) is 15.0. The highest BCUT2D eigenvalue weighted by Crippen LogP contribution is 2.24. The molecule has 0 saturated carbocycles. The van der Waals surface area contributed by atoms with Gasteiger partial charge in [-0.05, 0) is 63.5 Å². The number of rotatable bonds is 8. The summed E-state index contributed by atoms with van der Waals surface area (Å²) >= 11 is 0. The van der Waals surface area contributed by atoms with Gasteiger partial charge in [0.15, 0.2) is 5.58 Å². The molecule has 0 radical (unpaired) electrons. The number of aromatic nitrogens is 3. The van der Waals surface area contributed by atoms with Crippen molar-refractivity contribution in [1.82, 2.24) is 19.9 Å². The van der Waals surface area contributed by atoms with Crippen molar-refractivity contribution >= 4 is 34.2 Å². The Morgan fingerprint density at radius 2 is 1.87 bits per heavy atom. The summed E-state index contributed by atoms with van der Waals surface area (Å²) in [5.41, 5.74) is 3.64. The van der Waals surface area contributed by atoms with Crippen molar-refractivity contribution in [2.24, 2.45) is 0 Å². The predicted molar refractivity (Wildman–Crippen MR) is 121 cm³/mol. The molecule has 2 aromatic carbocycles. The highest BCUT2D eigenvalue weighted by molar-refractivity contribution is 5.78. The molecule has 0 saturated heterocycles. The number of anilines is 4. The summed E-state index contributed by atoms with van der Waals surface area (Å²) in [6, 6.07) is 13.0. The molecule has 2 aromatic heterocycles. The predicted octanol–water partition coefficient (Wildman–Crippen LogP) is 3.65. The number of hydrogen-bond acceptors (Lipinski definition) is 8. The number of hydrogen-bond donors (Lipinski definition) is 3. The van der Waals surface area contributed by atoms with Crippen LogP contribution < -0.4 is 21.1 Å². The quantitative estimate of drug-likeness (QED) is 0.396. The molecule has 0 spiro atoms. The van der Waals surface area contributed by atoms with Gasteiger partial charge in [0, 0.05) is 29.7 Å². The molecule has 0 aliphatic carbocycles. The van der Waals surface area contributed by atoms with Crippen molar-refractivity contribution < 1.29 is 9.15 Å². The average Bonchev–Trinajstić information content (AvgIpc) is 3.11. The molecule has 9 heteroatoms. The summed E-state index contributed by atoms with van der Waals surface area (Å²) in [7, 11) is 4.02. The molecule has 31 heavy (non-hydrogen) atoms. The lowest BCUT2D eigenvalue weighted by Gasteiger charge is -2.12. The highest BCUT2D eigenvalue weighted by Gasteiger charge is 2.07. The van der Waals surface area contributed by atoms with Gasteiger partial charge in [-0.2, -0.15) is 4.98 Å². The summed E-state index contributed by atoms with van der Waals surface area (Å²) in [4.78, 5) is 25.0. The maximum absolute atomic E-state index is 11.3. The van der Waals surface area contributed by atoms with Gasteiger partial charge >= 0.3 is 5.76 Å². The molecular weight excluding hydrogens is 396 g/mol. The van der Waals surface area contributed by atoms with E-state index in [0.29, 0.717) is 29.5 Å². The van der Waals surface area contributed by atoms with Gasteiger partial charge in [0.2, 0.25) is 5.95 Å². The van der Waals surface area contributed by atoms with Crippen LogP contribution in [0.15, 0.2) is 57.9 Å². The largest absolute Gasteiger partial charge is 0.492 e. The maximum Gasteiger partial charge on any atom is 0.417 e. The Balaban J connectivity index is 1.45. The van der Waals surface area contributed by atoms with Crippen molar-refractivity contribution in [3.8, 4) is 5.75 Å². The van der Waals surface area contributed by atoms with E-state index in [9.17, 15) is 4.79 Å². The molecule has 0 unspecified atom stereocenters. The molecule has 3 N–H and O–H groups in total. The molecule has 4 aromatic rings. The van der Waals surface area contributed by atoms with Crippen LogP contribution in [0.4, 0.5) is 23.1 Å². The second kappa shape index (κ2) is 8.88. The fourth-order valence-electron chi connectivity index (χ4n) is 2.90. The second-order valence-corrected chi connectivity index (χ2v) is 7.38. The van der Waals surface area contributed by atoms with Crippen LogP contribution in [0, 0.1) is 6.92 Å². The Morgan fingerprint density at radius 1 is 1.10 bits per heavy atom. The summed E-state index contributed by atoms with van der Waals surface area (Å²) in [5, 5.41) is 6.47. The van der Waals surface area contributed by atoms with Crippen LogP contribution in [0.1, 0.15) is 5.56 Å². The monoisotopic (exact) mass is 420 g/mol. The number of nitrogens with one attached hydrogen (secondary N) is 3. The average molecular weight is 420 g/mol. The van der Waals surface area contributed by atoms with Crippen molar-refractivity contribution in [2.75, 3.05) is 37.9 Å². The topological polar surface area (TPSA) is 108 Å². The van der Waals surface area contributed by atoms with E-state index in [4.69, 9.17) is 9.15 Å². The SMILES string of the molecule is Cc1cnc(Nc2ccc(OCCN(C)C)cc2)nc1Nc1ccc2oc(=O)[nH]c2c1. The summed E-state index contributed by atoms with van der Waals surface area (Å²) in [5.74, 6) is 1.46. The van der Waals surface area contributed by atoms with Gasteiger partial charge in [0.1, 0.15) is 18.2 Å². The Hall–Kier alpha value is -3.85. The molecule has 0 atom stereocenters. The fraction of sp³-hybridized carbons (Fsp3) is 0.227. The Labute approximate surface area is 179 Å². The van der Waals surface area contributed by atoms with Crippen molar-refractivity contribution in [2.45, 2.75) is 6.92 Å². The second-order valence-electron chi connectivity index (χ2n) is 7.38. The normalized spacial score (nSPS) is 11.1. The van der Waals surface area contributed by atoms with Crippen LogP contribution >= 0.6 is 0 Å². The third kappa shape index (κ3) is 5.20. The number of benzene rings is 2. The summed E-state index contributed by atoms with van der Waals surface area (Å²) < 4.78 is 10.8. The lowest BCUT2D eigenvalue weighted by molar-refractivity contribution is 0.261. The van der Waals surface area contributed by atoms with Gasteiger partial charge in [0.05, 0.1) is 5.52 Å². The van der Waals surface area contributed by atoms with Crippen molar-refractivity contribution in [1.29, 1.82) is 0 Å². The van der Waals surface area contributed by atoms with Crippen LogP contribution in [0.3, 0.4) is 0 Å². The standard InChI is InChI=1S/C22H24N6O3/c1-14-13-23-21(25-15-4-7-17(8-5-15)30-11-10-28(2)3)27-20(14)24-16-6-9-19-18(12-16)26-22(29)31-19/h4-9,12-13H,10-11H2,1-3H3,(H,26,29)(H2,23,24,25,27). The van der Waals surface area contributed by atoms with Gasteiger partial charge < -0.3 is 24.7 Å². The van der Waals surface area contributed by atoms with Crippen molar-refractivity contribution in [3.05, 3.63) is 64.8 Å². The third-order valence-electron chi connectivity index (χ3n) is 4.57. The van der Waals surface area contributed by atoms with E-state index in [1.165, 1.54) is 0 Å². The minimum atomic E-state index is -0.481. The van der Waals surface area contributed by atoms with Crippen LogP contribution in [-0.2, 0) is 0 Å². The Kier molecular flexibility index (Phi) is 5.85. The molecule has 0 aliphatic heterocycles. The zero-order valence-corrected chi connectivity index (χ0v) is 17.6. The first kappa shape index (κ1) is 20.4. The molecule has 160 valence electrons. The van der Waals surface area contributed by atoms with E-state index >= 15 is 0 Å². The molecule has 0 amide bonds. The van der Waals surface area contributed by atoms with E-state index in [1.807, 2.05) is 51.4 Å². The van der Waals surface area contributed by atoms with Gasteiger partial charge in [-0.1, -0.05) is 0 Å². The van der Waals surface area contributed by atoms with Gasteiger partial charge in [0.25, 0.3) is 0 Å². The lowest BCUT2D eigenvalue weighted by atomic mass is 10.2. The number of aromatic amines is 1. The molecule has 0 aliphatic rings. The molecule has 2 heterocycles. The van der Waals surface area contributed by atoms with E-state index in [0.717, 1.165) is 29.2 Å². The van der Waals surface area contributed by atoms with E-state index in [-0.39, 0.29) is 0 Å². The van der Waals surface area contributed by atoms with Crippen LogP contribution in [-0.4, -0.2) is 47.1 Å². The molecule has 0 bridgehead atoms. The molecule has 9 nitrogen and oxygen atoms in total. The highest BCUT2D eigenvalue weighted by atomic mass is 16.5. The summed E-state index contributed by atoms with van der Waals surface area (Å²) in [6.45, 7) is 3.41. The van der Waals surface area contributed by atoms with Crippen molar-refractivity contribution in [3.63, 3.8) is 0 Å². The number of fused-ring (bicyclic) bond motifs is 1. The Morgan fingerprint density at radius 3 is 2.65 bits per heavy atom. The first-order valence-electron chi connectivity index (χ1n) is 9.84. The lowest BCUT2D eigenvalue weighted by Crippen LogP contribution is -2.19. The number of nitrogens with zero attached hydrogens (tertiary/aromatic N) is 3. The zero-order valence-electron chi connectivity index (χ0n) is 17.6. The van der Waals surface area contributed by atoms with Gasteiger partial charge in [-0.3, -0.25) is 4.98 Å². The van der Waals surface area contributed by atoms with Crippen LogP contribution in [0.2, 0.25) is 0 Å². The van der Waals surface area contributed by atoms with E-state index < -0.39 is 5.76 Å². The molecular formula is C22H24N6O3. The number of ether oxygens (including phenoxy) is 1.